The average molecular weight is 387 g/mol. The summed E-state index contributed by atoms with van der Waals surface area (Å²) in [5, 5.41) is 3.20. The van der Waals surface area contributed by atoms with Crippen LogP contribution in [0.15, 0.2) is 55.0 Å². The first-order valence-corrected chi connectivity index (χ1v) is 9.05. The van der Waals surface area contributed by atoms with Gasteiger partial charge in [0.05, 0.1) is 24.1 Å². The van der Waals surface area contributed by atoms with E-state index in [1.807, 2.05) is 24.3 Å². The Morgan fingerprint density at radius 1 is 1.17 bits per heavy atom. The van der Waals surface area contributed by atoms with Crippen LogP contribution in [-0.2, 0) is 13.0 Å². The van der Waals surface area contributed by atoms with E-state index in [2.05, 4.69) is 32.1 Å². The number of nitrogens with zero attached hydrogens (tertiary/aromatic N) is 3. The largest absolute Gasteiger partial charge is 0.479 e. The second-order valence-corrected chi connectivity index (χ2v) is 6.14. The Labute approximate surface area is 169 Å². The van der Waals surface area contributed by atoms with Crippen LogP contribution in [0.5, 0.6) is 5.75 Å². The number of Topliss-reactive ketones (excluding diaryl/α,β-unsaturated/α-hetero) is 1. The number of hydrogen-bond donors (Lipinski definition) is 2. The molecule has 3 N–H and O–H groups in total. The number of pyridine rings is 3. The Morgan fingerprint density at radius 2 is 2.07 bits per heavy atom. The van der Waals surface area contributed by atoms with Crippen molar-refractivity contribution in [3.05, 3.63) is 71.9 Å². The van der Waals surface area contributed by atoms with E-state index in [1.54, 1.807) is 31.5 Å². The van der Waals surface area contributed by atoms with Gasteiger partial charge in [-0.25, -0.2) is 9.97 Å². The number of rotatable bonds is 8. The van der Waals surface area contributed by atoms with Crippen molar-refractivity contribution in [1.29, 1.82) is 0 Å². The van der Waals surface area contributed by atoms with Crippen LogP contribution in [-0.4, -0.2) is 27.3 Å². The lowest BCUT2D eigenvalue weighted by Crippen LogP contribution is -2.08. The summed E-state index contributed by atoms with van der Waals surface area (Å²) in [4.78, 5) is 25.1. The summed E-state index contributed by atoms with van der Waals surface area (Å²) in [5.74, 6) is 6.49. The Bertz CT molecular complexity index is 1040. The van der Waals surface area contributed by atoms with E-state index in [0.717, 1.165) is 16.9 Å². The lowest BCUT2D eigenvalue weighted by Gasteiger charge is -2.09. The van der Waals surface area contributed by atoms with Gasteiger partial charge in [-0.1, -0.05) is 5.92 Å². The minimum Gasteiger partial charge on any atom is -0.479 e. The lowest BCUT2D eigenvalue weighted by molar-refractivity contribution is 0.0988. The van der Waals surface area contributed by atoms with E-state index in [1.165, 1.54) is 6.20 Å². The molecule has 0 spiro atoms. The summed E-state index contributed by atoms with van der Waals surface area (Å²) in [5.41, 5.74) is 8.62. The number of carbonyl (C=O) groups is 1. The van der Waals surface area contributed by atoms with Gasteiger partial charge in [0.25, 0.3) is 0 Å². The van der Waals surface area contributed by atoms with Crippen LogP contribution < -0.4 is 15.8 Å². The van der Waals surface area contributed by atoms with Gasteiger partial charge in [0.2, 0.25) is 0 Å². The first-order chi connectivity index (χ1) is 14.2. The van der Waals surface area contributed by atoms with Gasteiger partial charge in [0.1, 0.15) is 23.9 Å². The predicted molar refractivity (Wildman–Crippen MR) is 111 cm³/mol. The highest BCUT2D eigenvalue weighted by atomic mass is 16.5. The zero-order valence-electron chi connectivity index (χ0n) is 16.1. The standard InChI is InChI=1S/C22H21N5O2/c1-2-3-11-29-18-6-7-19(27-15-18)21(28)13-16-8-10-24-17(12-16)14-26-20-5-4-9-25-22(20)23/h4-10,12,15,26H,11,13-14H2,1H3,(H2,23,25). The van der Waals surface area contributed by atoms with Crippen molar-refractivity contribution in [3.63, 3.8) is 0 Å². The highest BCUT2D eigenvalue weighted by Crippen LogP contribution is 2.15. The molecule has 0 unspecified atom stereocenters. The van der Waals surface area contributed by atoms with Gasteiger partial charge in [-0.05, 0) is 48.9 Å². The molecule has 3 aromatic heterocycles. The molecule has 3 heterocycles. The van der Waals surface area contributed by atoms with Crippen LogP contribution in [0, 0.1) is 11.8 Å². The first-order valence-electron chi connectivity index (χ1n) is 9.05. The minimum absolute atomic E-state index is 0.0773. The number of ketones is 1. The molecule has 0 atom stereocenters. The molecule has 7 nitrogen and oxygen atoms in total. The molecule has 0 bridgehead atoms. The van der Waals surface area contributed by atoms with Crippen molar-refractivity contribution in [2.45, 2.75) is 19.9 Å². The highest BCUT2D eigenvalue weighted by Gasteiger charge is 2.10. The zero-order chi connectivity index (χ0) is 20.5. The van der Waals surface area contributed by atoms with Crippen LogP contribution in [0.2, 0.25) is 0 Å². The zero-order valence-corrected chi connectivity index (χ0v) is 16.1. The summed E-state index contributed by atoms with van der Waals surface area (Å²) in [6.07, 6.45) is 5.09. The van der Waals surface area contributed by atoms with Gasteiger partial charge in [0, 0.05) is 18.8 Å². The molecule has 7 heteroatoms. The number of nitrogens with one attached hydrogen (secondary N) is 1. The molecular weight excluding hydrogens is 366 g/mol. The fourth-order valence-electron chi connectivity index (χ4n) is 2.59. The van der Waals surface area contributed by atoms with Crippen LogP contribution in [0.25, 0.3) is 0 Å². The Kier molecular flexibility index (Phi) is 6.74. The maximum atomic E-state index is 12.5. The van der Waals surface area contributed by atoms with Crippen LogP contribution in [0.1, 0.15) is 28.7 Å². The quantitative estimate of drug-likeness (QED) is 0.452. The average Bonchev–Trinajstić information content (AvgIpc) is 2.74. The van der Waals surface area contributed by atoms with Crippen molar-refractivity contribution >= 4 is 17.3 Å². The van der Waals surface area contributed by atoms with E-state index in [0.29, 0.717) is 30.4 Å². The van der Waals surface area contributed by atoms with Gasteiger partial charge in [-0.15, -0.1) is 5.92 Å². The van der Waals surface area contributed by atoms with E-state index >= 15 is 0 Å². The molecule has 0 fully saturated rings. The maximum Gasteiger partial charge on any atom is 0.185 e. The molecule has 0 saturated carbocycles. The third-order valence-corrected chi connectivity index (χ3v) is 4.05. The van der Waals surface area contributed by atoms with Crippen molar-refractivity contribution < 1.29 is 9.53 Å². The monoisotopic (exact) mass is 387 g/mol. The molecule has 0 aliphatic heterocycles. The van der Waals surface area contributed by atoms with E-state index in [9.17, 15) is 4.79 Å². The lowest BCUT2D eigenvalue weighted by atomic mass is 10.1. The third-order valence-electron chi connectivity index (χ3n) is 4.05. The fraction of sp³-hybridized carbons (Fsp3) is 0.182. The molecule has 3 rings (SSSR count). The van der Waals surface area contributed by atoms with Gasteiger partial charge in [0.15, 0.2) is 5.78 Å². The van der Waals surface area contributed by atoms with E-state index in [-0.39, 0.29) is 12.2 Å². The fourth-order valence-corrected chi connectivity index (χ4v) is 2.59. The van der Waals surface area contributed by atoms with E-state index < -0.39 is 0 Å². The van der Waals surface area contributed by atoms with Crippen molar-refractivity contribution in [1.82, 2.24) is 15.0 Å². The third kappa shape index (κ3) is 5.78. The summed E-state index contributed by atoms with van der Waals surface area (Å²) in [7, 11) is 0. The summed E-state index contributed by atoms with van der Waals surface area (Å²) in [6.45, 7) is 2.52. The van der Waals surface area contributed by atoms with Crippen molar-refractivity contribution in [3.8, 4) is 17.6 Å². The number of ether oxygens (including phenoxy) is 1. The number of carbonyl (C=O) groups excluding carboxylic acids is 1. The number of nitrogen functional groups attached to an aromatic ring is 1. The first kappa shape index (κ1) is 19.8. The van der Waals surface area contributed by atoms with Crippen LogP contribution in [0.3, 0.4) is 0 Å². The van der Waals surface area contributed by atoms with Gasteiger partial charge in [-0.3, -0.25) is 9.78 Å². The molecule has 29 heavy (non-hydrogen) atoms. The number of aromatic nitrogens is 3. The Hall–Kier alpha value is -3.92. The topological polar surface area (TPSA) is 103 Å². The van der Waals surface area contributed by atoms with Crippen LogP contribution >= 0.6 is 0 Å². The molecule has 3 aromatic rings. The summed E-state index contributed by atoms with van der Waals surface area (Å²) >= 11 is 0. The molecular formula is C22H21N5O2. The second-order valence-electron chi connectivity index (χ2n) is 6.14. The molecule has 0 aliphatic rings. The smallest absolute Gasteiger partial charge is 0.185 e. The van der Waals surface area contributed by atoms with Crippen molar-refractivity contribution in [2.75, 3.05) is 17.7 Å². The number of anilines is 2. The van der Waals surface area contributed by atoms with Gasteiger partial charge >= 0.3 is 0 Å². The predicted octanol–water partition coefficient (Wildman–Crippen LogP) is 2.89. The van der Waals surface area contributed by atoms with Gasteiger partial charge in [-0.2, -0.15) is 0 Å². The highest BCUT2D eigenvalue weighted by molar-refractivity contribution is 5.95. The minimum atomic E-state index is -0.0773. The molecule has 0 saturated heterocycles. The summed E-state index contributed by atoms with van der Waals surface area (Å²) in [6, 6.07) is 10.7. The SMILES string of the molecule is CC#CCOc1ccc(C(=O)Cc2ccnc(CNc3cccnc3N)c2)nc1. The molecule has 0 radical (unpaired) electrons. The molecule has 0 aliphatic carbocycles. The maximum absolute atomic E-state index is 12.5. The Morgan fingerprint density at radius 3 is 2.83 bits per heavy atom. The Balaban J connectivity index is 1.59. The molecule has 146 valence electrons. The summed E-state index contributed by atoms with van der Waals surface area (Å²) < 4.78 is 5.41. The molecule has 0 aromatic carbocycles. The van der Waals surface area contributed by atoms with Gasteiger partial charge < -0.3 is 15.8 Å². The number of nitrogens with two attached hydrogens (primary N) is 1. The normalized spacial score (nSPS) is 9.97. The van der Waals surface area contributed by atoms with Crippen LogP contribution in [0.4, 0.5) is 11.5 Å². The molecule has 0 amide bonds. The van der Waals surface area contributed by atoms with E-state index in [4.69, 9.17) is 10.5 Å². The van der Waals surface area contributed by atoms with Crippen molar-refractivity contribution in [2.24, 2.45) is 0 Å². The second kappa shape index (κ2) is 9.85. The number of hydrogen-bond acceptors (Lipinski definition) is 7.